The zero-order chi connectivity index (χ0) is 28.9. The molecule has 2 aromatic heterocycles. The van der Waals surface area contributed by atoms with Crippen LogP contribution in [0.4, 0.5) is 28.8 Å². The van der Waals surface area contributed by atoms with Crippen LogP contribution in [0.15, 0.2) is 42.5 Å². The Bertz CT molecular complexity index is 1390. The molecule has 0 bridgehead atoms. The van der Waals surface area contributed by atoms with Gasteiger partial charge in [0.1, 0.15) is 17.3 Å². The predicted octanol–water partition coefficient (Wildman–Crippen LogP) is 5.12. The molecule has 2 fully saturated rings. The van der Waals surface area contributed by atoms with Crippen molar-refractivity contribution >= 4 is 57.9 Å². The lowest BCUT2D eigenvalue weighted by Gasteiger charge is -2.40. The molecular formula is C28H34Cl2N8O3. The minimum Gasteiger partial charge on any atom is -0.382 e. The van der Waals surface area contributed by atoms with Crippen molar-refractivity contribution in [1.82, 2.24) is 14.9 Å². The SMILES string of the molecule is Nc1nc(NCCNc2ccc(N3CCN(C4CCCCC4)CC3=O)c(-c3ccc(Cl)cc3Cl)n2)ccc1N(O)O. The molecule has 3 aromatic rings. The molecular weight excluding hydrogens is 567 g/mol. The highest BCUT2D eigenvalue weighted by Gasteiger charge is 2.32. The molecule has 2 aliphatic rings. The molecule has 41 heavy (non-hydrogen) atoms. The van der Waals surface area contributed by atoms with E-state index >= 15 is 0 Å². The third kappa shape index (κ3) is 6.94. The van der Waals surface area contributed by atoms with Crippen molar-refractivity contribution in [2.24, 2.45) is 0 Å². The number of rotatable bonds is 9. The lowest BCUT2D eigenvalue weighted by molar-refractivity contribution is -0.122. The van der Waals surface area contributed by atoms with Crippen LogP contribution in [0.1, 0.15) is 32.1 Å². The highest BCUT2D eigenvalue weighted by molar-refractivity contribution is 6.36. The lowest BCUT2D eigenvalue weighted by atomic mass is 9.93. The van der Waals surface area contributed by atoms with Gasteiger partial charge in [-0.15, -0.1) is 5.23 Å². The number of amides is 1. The molecule has 1 saturated carbocycles. The Morgan fingerprint density at radius 1 is 0.951 bits per heavy atom. The molecule has 3 heterocycles. The standard InChI is InChI=1S/C28H34Cl2N8O3/c29-18-6-7-20(21(30)16-18)27-22(37-15-14-36(17-26(37)39)19-4-2-1-3-5-19)8-10-24(34-27)32-12-13-33-25-11-9-23(38(40)41)28(31)35-25/h6-11,16,19,40-41H,1-5,12-15,17H2,(H,32,34)(H3,31,33,35). The van der Waals surface area contributed by atoms with E-state index in [0.717, 1.165) is 19.4 Å². The van der Waals surface area contributed by atoms with Crippen molar-refractivity contribution in [2.75, 3.05) is 59.2 Å². The van der Waals surface area contributed by atoms with Gasteiger partial charge in [0.25, 0.3) is 0 Å². The fraction of sp³-hybridized carbons (Fsp3) is 0.393. The van der Waals surface area contributed by atoms with Crippen molar-refractivity contribution in [3.05, 3.63) is 52.5 Å². The molecule has 218 valence electrons. The predicted molar refractivity (Wildman–Crippen MR) is 162 cm³/mol. The number of carbonyl (C=O) groups excluding carboxylic acids is 1. The number of aromatic nitrogens is 2. The average molecular weight is 602 g/mol. The Labute approximate surface area is 248 Å². The maximum atomic E-state index is 13.4. The van der Waals surface area contributed by atoms with E-state index in [-0.39, 0.29) is 22.6 Å². The first kappa shape index (κ1) is 29.2. The maximum Gasteiger partial charge on any atom is 0.241 e. The molecule has 6 N–H and O–H groups in total. The lowest BCUT2D eigenvalue weighted by Crippen LogP contribution is -2.54. The zero-order valence-electron chi connectivity index (χ0n) is 22.6. The van der Waals surface area contributed by atoms with Gasteiger partial charge in [-0.2, -0.15) is 0 Å². The number of hydrogen-bond donors (Lipinski definition) is 5. The molecule has 1 aliphatic carbocycles. The van der Waals surface area contributed by atoms with Gasteiger partial charge in [0.05, 0.1) is 22.9 Å². The number of hydrogen-bond acceptors (Lipinski definition) is 10. The third-order valence-electron chi connectivity index (χ3n) is 7.55. The first-order valence-electron chi connectivity index (χ1n) is 13.7. The van der Waals surface area contributed by atoms with Crippen molar-refractivity contribution in [2.45, 2.75) is 38.1 Å². The summed E-state index contributed by atoms with van der Waals surface area (Å²) < 4.78 is 0. The number of nitrogens with one attached hydrogen (secondary N) is 2. The quantitative estimate of drug-likeness (QED) is 0.166. The van der Waals surface area contributed by atoms with Crippen molar-refractivity contribution < 1.29 is 15.2 Å². The minimum absolute atomic E-state index is 0.0137. The van der Waals surface area contributed by atoms with Gasteiger partial charge < -0.3 is 21.3 Å². The van der Waals surface area contributed by atoms with Gasteiger partial charge in [-0.3, -0.25) is 20.1 Å². The first-order chi connectivity index (χ1) is 19.8. The Balaban J connectivity index is 1.30. The second-order valence-electron chi connectivity index (χ2n) is 10.2. The van der Waals surface area contributed by atoms with Crippen LogP contribution < -0.4 is 26.5 Å². The fourth-order valence-electron chi connectivity index (χ4n) is 5.47. The average Bonchev–Trinajstić information content (AvgIpc) is 2.96. The zero-order valence-corrected chi connectivity index (χ0v) is 24.1. The number of carbonyl (C=O) groups is 1. The van der Waals surface area contributed by atoms with Gasteiger partial charge in [0, 0.05) is 42.8 Å². The van der Waals surface area contributed by atoms with E-state index in [2.05, 4.69) is 20.5 Å². The molecule has 5 rings (SSSR count). The molecule has 1 aromatic carbocycles. The Morgan fingerprint density at radius 3 is 2.32 bits per heavy atom. The van der Waals surface area contributed by atoms with Crippen molar-refractivity contribution in [1.29, 1.82) is 0 Å². The summed E-state index contributed by atoms with van der Waals surface area (Å²) >= 11 is 12.8. The Hall–Kier alpha value is -3.35. The molecule has 0 unspecified atom stereocenters. The molecule has 0 radical (unpaired) electrons. The summed E-state index contributed by atoms with van der Waals surface area (Å²) in [4.78, 5) is 26.6. The minimum atomic E-state index is -0.0717. The summed E-state index contributed by atoms with van der Waals surface area (Å²) in [7, 11) is 0. The van der Waals surface area contributed by atoms with E-state index < -0.39 is 0 Å². The molecule has 1 amide bonds. The number of benzene rings is 1. The van der Waals surface area contributed by atoms with E-state index in [4.69, 9.17) is 44.3 Å². The third-order valence-corrected chi connectivity index (χ3v) is 8.10. The van der Waals surface area contributed by atoms with Crippen LogP contribution >= 0.6 is 23.2 Å². The van der Waals surface area contributed by atoms with Gasteiger partial charge in [-0.05, 0) is 55.3 Å². The van der Waals surface area contributed by atoms with Crippen LogP contribution in [-0.2, 0) is 4.79 Å². The van der Waals surface area contributed by atoms with E-state index in [0.29, 0.717) is 70.8 Å². The van der Waals surface area contributed by atoms with E-state index in [1.807, 2.05) is 23.1 Å². The van der Waals surface area contributed by atoms with Gasteiger partial charge in [-0.1, -0.05) is 42.5 Å². The maximum absolute atomic E-state index is 13.4. The van der Waals surface area contributed by atoms with Crippen LogP contribution in [0.5, 0.6) is 0 Å². The smallest absolute Gasteiger partial charge is 0.241 e. The molecule has 11 nitrogen and oxygen atoms in total. The topological polar surface area (TPSA) is 143 Å². The van der Waals surface area contributed by atoms with Gasteiger partial charge in [0.15, 0.2) is 5.82 Å². The largest absolute Gasteiger partial charge is 0.382 e. The fourth-order valence-corrected chi connectivity index (χ4v) is 5.97. The highest BCUT2D eigenvalue weighted by atomic mass is 35.5. The Kier molecular flexibility index (Phi) is 9.31. The summed E-state index contributed by atoms with van der Waals surface area (Å²) in [5.41, 5.74) is 7.75. The molecule has 0 spiro atoms. The number of nitrogens with zero attached hydrogens (tertiary/aromatic N) is 5. The number of halogens is 2. The second kappa shape index (κ2) is 13.1. The summed E-state index contributed by atoms with van der Waals surface area (Å²) in [6.45, 7) is 2.79. The van der Waals surface area contributed by atoms with E-state index in [1.165, 1.54) is 25.3 Å². The van der Waals surface area contributed by atoms with Crippen LogP contribution in [0, 0.1) is 0 Å². The molecule has 1 saturated heterocycles. The van der Waals surface area contributed by atoms with Crippen molar-refractivity contribution in [3.63, 3.8) is 0 Å². The second-order valence-corrected chi connectivity index (χ2v) is 11.1. The highest BCUT2D eigenvalue weighted by Crippen LogP contribution is 2.37. The molecule has 1 aliphatic heterocycles. The van der Waals surface area contributed by atoms with E-state index in [1.54, 1.807) is 18.2 Å². The summed E-state index contributed by atoms with van der Waals surface area (Å²) in [5.74, 6) is 1.13. The van der Waals surface area contributed by atoms with Crippen molar-refractivity contribution in [3.8, 4) is 11.3 Å². The normalized spacial score (nSPS) is 16.6. The number of pyridine rings is 2. The number of anilines is 5. The summed E-state index contributed by atoms with van der Waals surface area (Å²) in [6.07, 6.45) is 6.07. The monoisotopic (exact) mass is 600 g/mol. The van der Waals surface area contributed by atoms with Crippen LogP contribution in [-0.4, -0.2) is 70.0 Å². The van der Waals surface area contributed by atoms with E-state index in [9.17, 15) is 4.79 Å². The number of nitrogen functional groups attached to an aromatic ring is 1. The van der Waals surface area contributed by atoms with Gasteiger partial charge >= 0.3 is 0 Å². The van der Waals surface area contributed by atoms with Gasteiger partial charge in [-0.25, -0.2) is 9.97 Å². The Morgan fingerprint density at radius 2 is 1.66 bits per heavy atom. The first-order valence-corrected chi connectivity index (χ1v) is 14.5. The summed E-state index contributed by atoms with van der Waals surface area (Å²) in [6, 6.07) is 12.5. The molecule has 0 atom stereocenters. The van der Waals surface area contributed by atoms with Crippen LogP contribution in [0.2, 0.25) is 10.0 Å². The van der Waals surface area contributed by atoms with Crippen LogP contribution in [0.25, 0.3) is 11.3 Å². The molecule has 13 heteroatoms. The number of piperazine rings is 1. The van der Waals surface area contributed by atoms with Gasteiger partial charge in [0.2, 0.25) is 5.91 Å². The number of nitrogens with two attached hydrogens (primary N) is 1. The van der Waals surface area contributed by atoms with Crippen LogP contribution in [0.3, 0.4) is 0 Å². The summed E-state index contributed by atoms with van der Waals surface area (Å²) in [5, 5.41) is 25.6.